The van der Waals surface area contributed by atoms with Crippen molar-refractivity contribution in [2.45, 2.75) is 17.9 Å². The summed E-state index contributed by atoms with van der Waals surface area (Å²) >= 11 is 0. The molecule has 2 heterocycles. The molecule has 21 heavy (non-hydrogen) atoms. The van der Waals surface area contributed by atoms with Crippen LogP contribution in [0.1, 0.15) is 6.92 Å². The SMILES string of the molecule is CC1CN(S(=O)(=O)c2cccc3c(=O)[nH]ccc23)CCN1. The van der Waals surface area contributed by atoms with E-state index in [2.05, 4.69) is 10.3 Å². The van der Waals surface area contributed by atoms with Gasteiger partial charge in [-0.25, -0.2) is 8.42 Å². The third kappa shape index (κ3) is 2.48. The number of aromatic amines is 1. The first-order valence-corrected chi connectivity index (χ1v) is 8.28. The van der Waals surface area contributed by atoms with Gasteiger partial charge < -0.3 is 10.3 Å². The van der Waals surface area contributed by atoms with Gasteiger partial charge in [-0.3, -0.25) is 4.79 Å². The highest BCUT2D eigenvalue weighted by Crippen LogP contribution is 2.24. The maximum absolute atomic E-state index is 12.8. The molecule has 0 spiro atoms. The minimum absolute atomic E-state index is 0.118. The molecule has 0 saturated carbocycles. The fourth-order valence-corrected chi connectivity index (χ4v) is 4.41. The van der Waals surface area contributed by atoms with Crippen LogP contribution in [0.15, 0.2) is 40.2 Å². The first-order chi connectivity index (χ1) is 10.00. The van der Waals surface area contributed by atoms with Crippen LogP contribution in [0.3, 0.4) is 0 Å². The molecule has 2 aromatic rings. The lowest BCUT2D eigenvalue weighted by Gasteiger charge is -2.31. The molecule has 1 atom stereocenters. The molecule has 1 fully saturated rings. The van der Waals surface area contributed by atoms with Gasteiger partial charge in [0.25, 0.3) is 5.56 Å². The Morgan fingerprint density at radius 2 is 2.05 bits per heavy atom. The van der Waals surface area contributed by atoms with Gasteiger partial charge in [0.2, 0.25) is 10.0 Å². The second-order valence-electron chi connectivity index (χ2n) is 5.24. The van der Waals surface area contributed by atoms with Gasteiger partial charge in [-0.1, -0.05) is 6.07 Å². The molecular formula is C14H17N3O3S. The molecule has 7 heteroatoms. The minimum Gasteiger partial charge on any atom is -0.329 e. The van der Waals surface area contributed by atoms with Crippen LogP contribution in [0.4, 0.5) is 0 Å². The van der Waals surface area contributed by atoms with Crippen LogP contribution < -0.4 is 10.9 Å². The van der Waals surface area contributed by atoms with E-state index in [1.807, 2.05) is 6.92 Å². The van der Waals surface area contributed by atoms with Crippen LogP contribution in [0.25, 0.3) is 10.8 Å². The molecule has 0 bridgehead atoms. The van der Waals surface area contributed by atoms with Crippen molar-refractivity contribution in [1.29, 1.82) is 0 Å². The Bertz CT molecular complexity index is 829. The van der Waals surface area contributed by atoms with Crippen molar-refractivity contribution in [3.8, 4) is 0 Å². The summed E-state index contributed by atoms with van der Waals surface area (Å²) in [6.07, 6.45) is 1.48. The van der Waals surface area contributed by atoms with E-state index in [4.69, 9.17) is 0 Å². The Kier molecular flexibility index (Phi) is 3.56. The van der Waals surface area contributed by atoms with Crippen molar-refractivity contribution >= 4 is 20.8 Å². The van der Waals surface area contributed by atoms with Gasteiger partial charge in [-0.2, -0.15) is 4.31 Å². The Balaban J connectivity index is 2.15. The maximum Gasteiger partial charge on any atom is 0.255 e. The number of aromatic nitrogens is 1. The fourth-order valence-electron chi connectivity index (χ4n) is 2.67. The van der Waals surface area contributed by atoms with Crippen molar-refractivity contribution in [2.75, 3.05) is 19.6 Å². The van der Waals surface area contributed by atoms with E-state index in [0.717, 1.165) is 0 Å². The van der Waals surface area contributed by atoms with Crippen LogP contribution in [-0.2, 0) is 10.0 Å². The van der Waals surface area contributed by atoms with Crippen LogP contribution in [-0.4, -0.2) is 43.4 Å². The average Bonchev–Trinajstić information content (AvgIpc) is 2.47. The molecule has 0 radical (unpaired) electrons. The number of hydrogen-bond acceptors (Lipinski definition) is 4. The van der Waals surface area contributed by atoms with Crippen molar-refractivity contribution in [3.63, 3.8) is 0 Å². The number of nitrogens with one attached hydrogen (secondary N) is 2. The molecule has 1 aliphatic heterocycles. The molecular weight excluding hydrogens is 290 g/mol. The number of benzene rings is 1. The van der Waals surface area contributed by atoms with Gasteiger partial charge >= 0.3 is 0 Å². The van der Waals surface area contributed by atoms with E-state index in [0.29, 0.717) is 30.4 Å². The Morgan fingerprint density at radius 3 is 2.81 bits per heavy atom. The standard InChI is InChI=1S/C14H17N3O3S/c1-10-9-17(8-7-15-10)21(19,20)13-4-2-3-12-11(13)5-6-16-14(12)18/h2-6,10,15H,7-9H2,1H3,(H,16,18). The zero-order valence-corrected chi connectivity index (χ0v) is 12.5. The predicted molar refractivity (Wildman–Crippen MR) is 80.8 cm³/mol. The lowest BCUT2D eigenvalue weighted by atomic mass is 10.2. The Hall–Kier alpha value is -1.70. The van der Waals surface area contributed by atoms with E-state index in [9.17, 15) is 13.2 Å². The monoisotopic (exact) mass is 307 g/mol. The third-order valence-electron chi connectivity index (χ3n) is 3.72. The lowest BCUT2D eigenvalue weighted by molar-refractivity contribution is 0.310. The average molecular weight is 307 g/mol. The van der Waals surface area contributed by atoms with Crippen LogP contribution in [0.5, 0.6) is 0 Å². The first-order valence-electron chi connectivity index (χ1n) is 6.84. The second kappa shape index (κ2) is 5.25. The van der Waals surface area contributed by atoms with Gasteiger partial charge in [0.15, 0.2) is 0 Å². The summed E-state index contributed by atoms with van der Waals surface area (Å²) in [6, 6.07) is 6.55. The third-order valence-corrected chi connectivity index (χ3v) is 5.65. The number of hydrogen-bond donors (Lipinski definition) is 2. The van der Waals surface area contributed by atoms with Crippen LogP contribution in [0, 0.1) is 0 Å². The molecule has 1 saturated heterocycles. The molecule has 0 amide bonds. The minimum atomic E-state index is -3.60. The largest absolute Gasteiger partial charge is 0.329 e. The summed E-state index contributed by atoms with van der Waals surface area (Å²) in [6.45, 7) is 3.45. The molecule has 1 unspecified atom stereocenters. The number of fused-ring (bicyclic) bond motifs is 1. The number of rotatable bonds is 2. The Labute approximate surface area is 122 Å². The molecule has 112 valence electrons. The predicted octanol–water partition coefficient (Wildman–Crippen LogP) is 0.511. The summed E-state index contributed by atoms with van der Waals surface area (Å²) in [5, 5.41) is 4.08. The van der Waals surface area contributed by atoms with Gasteiger partial charge in [0, 0.05) is 42.6 Å². The van der Waals surface area contributed by atoms with Crippen molar-refractivity contribution in [3.05, 3.63) is 40.8 Å². The quantitative estimate of drug-likeness (QED) is 0.847. The zero-order chi connectivity index (χ0) is 15.0. The smallest absolute Gasteiger partial charge is 0.255 e. The Morgan fingerprint density at radius 1 is 1.24 bits per heavy atom. The molecule has 2 N–H and O–H groups in total. The highest BCUT2D eigenvalue weighted by molar-refractivity contribution is 7.89. The van der Waals surface area contributed by atoms with E-state index in [-0.39, 0.29) is 16.5 Å². The second-order valence-corrected chi connectivity index (χ2v) is 7.15. The number of sulfonamides is 1. The summed E-state index contributed by atoms with van der Waals surface area (Å²) in [5.74, 6) is 0. The van der Waals surface area contributed by atoms with E-state index < -0.39 is 10.0 Å². The van der Waals surface area contributed by atoms with Gasteiger partial charge in [0.1, 0.15) is 0 Å². The molecule has 6 nitrogen and oxygen atoms in total. The number of pyridine rings is 1. The molecule has 1 aromatic heterocycles. The summed E-state index contributed by atoms with van der Waals surface area (Å²) in [7, 11) is -3.60. The zero-order valence-electron chi connectivity index (χ0n) is 11.7. The summed E-state index contributed by atoms with van der Waals surface area (Å²) in [5.41, 5.74) is -0.279. The topological polar surface area (TPSA) is 82.3 Å². The number of H-pyrrole nitrogens is 1. The van der Waals surface area contributed by atoms with Crippen molar-refractivity contribution in [2.24, 2.45) is 0 Å². The van der Waals surface area contributed by atoms with Crippen LogP contribution in [0.2, 0.25) is 0 Å². The van der Waals surface area contributed by atoms with Gasteiger partial charge in [-0.05, 0) is 25.1 Å². The highest BCUT2D eigenvalue weighted by Gasteiger charge is 2.29. The van der Waals surface area contributed by atoms with E-state index in [1.165, 1.54) is 10.5 Å². The maximum atomic E-state index is 12.8. The van der Waals surface area contributed by atoms with Crippen molar-refractivity contribution in [1.82, 2.24) is 14.6 Å². The molecule has 3 rings (SSSR count). The van der Waals surface area contributed by atoms with Gasteiger partial charge in [0.05, 0.1) is 4.90 Å². The first kappa shape index (κ1) is 14.2. The normalized spacial score (nSPS) is 20.7. The molecule has 0 aliphatic carbocycles. The lowest BCUT2D eigenvalue weighted by Crippen LogP contribution is -2.51. The number of nitrogens with zero attached hydrogens (tertiary/aromatic N) is 1. The molecule has 1 aliphatic rings. The fraction of sp³-hybridized carbons (Fsp3) is 0.357. The highest BCUT2D eigenvalue weighted by atomic mass is 32.2. The summed E-state index contributed by atoms with van der Waals surface area (Å²) < 4.78 is 27.2. The van der Waals surface area contributed by atoms with Crippen molar-refractivity contribution < 1.29 is 8.42 Å². The summed E-state index contributed by atoms with van der Waals surface area (Å²) in [4.78, 5) is 14.6. The van der Waals surface area contributed by atoms with Crippen LogP contribution >= 0.6 is 0 Å². The van der Waals surface area contributed by atoms with E-state index in [1.54, 1.807) is 24.3 Å². The van der Waals surface area contributed by atoms with E-state index >= 15 is 0 Å². The van der Waals surface area contributed by atoms with Gasteiger partial charge in [-0.15, -0.1) is 0 Å². The molecule has 1 aromatic carbocycles. The number of piperazine rings is 1.